The van der Waals surface area contributed by atoms with E-state index in [2.05, 4.69) is 34.5 Å². The molecule has 3 aliphatic rings. The first kappa shape index (κ1) is 27.0. The maximum Gasteiger partial charge on any atom is 0.408 e. The van der Waals surface area contributed by atoms with Crippen LogP contribution in [0.25, 0.3) is 11.1 Å². The van der Waals surface area contributed by atoms with Crippen molar-refractivity contribution >= 4 is 18.0 Å². The lowest BCUT2D eigenvalue weighted by atomic mass is 9.92. The Morgan fingerprint density at radius 3 is 2.24 bits per heavy atom. The summed E-state index contributed by atoms with van der Waals surface area (Å²) in [5, 5.41) is 12.6. The van der Waals surface area contributed by atoms with E-state index >= 15 is 0 Å². The van der Waals surface area contributed by atoms with E-state index in [0.29, 0.717) is 45.4 Å². The molecular weight excluding hydrogens is 518 g/mol. The second-order valence-corrected chi connectivity index (χ2v) is 11.4. The highest BCUT2D eigenvalue weighted by Gasteiger charge is 2.49. The molecule has 6 rings (SSSR count). The lowest BCUT2D eigenvalue weighted by molar-refractivity contribution is -0.147. The summed E-state index contributed by atoms with van der Waals surface area (Å²) in [6, 6.07) is 26.4. The summed E-state index contributed by atoms with van der Waals surface area (Å²) in [5.74, 6) is -1.80. The Bertz CT molecular complexity index is 1400. The fourth-order valence-electron chi connectivity index (χ4n) is 6.69. The van der Waals surface area contributed by atoms with Crippen LogP contribution in [-0.2, 0) is 20.9 Å². The largest absolute Gasteiger partial charge is 0.481 e. The molecule has 8 heteroatoms. The molecule has 3 aromatic carbocycles. The first-order valence-corrected chi connectivity index (χ1v) is 14.4. The fourth-order valence-corrected chi connectivity index (χ4v) is 6.69. The smallest absolute Gasteiger partial charge is 0.408 e. The molecule has 2 atom stereocenters. The van der Waals surface area contributed by atoms with Crippen LogP contribution < -0.4 is 5.32 Å². The number of rotatable bonds is 7. The highest BCUT2D eigenvalue weighted by Crippen LogP contribution is 2.44. The number of benzene rings is 3. The molecule has 2 heterocycles. The minimum atomic E-state index is -1.18. The summed E-state index contributed by atoms with van der Waals surface area (Å²) in [5.41, 5.74) is 4.48. The summed E-state index contributed by atoms with van der Waals surface area (Å²) in [6.07, 6.45) is 0.967. The minimum Gasteiger partial charge on any atom is -0.481 e. The van der Waals surface area contributed by atoms with Gasteiger partial charge in [-0.25, -0.2) is 4.79 Å². The van der Waals surface area contributed by atoms with Gasteiger partial charge < -0.3 is 20.1 Å². The summed E-state index contributed by atoms with van der Waals surface area (Å²) in [7, 11) is 0. The predicted octanol–water partition coefficient (Wildman–Crippen LogP) is 4.49. The van der Waals surface area contributed by atoms with Crippen LogP contribution >= 0.6 is 0 Å². The van der Waals surface area contributed by atoms with Crippen molar-refractivity contribution in [1.82, 2.24) is 15.1 Å². The number of nitrogens with zero attached hydrogens (tertiary/aromatic N) is 2. The lowest BCUT2D eigenvalue weighted by Gasteiger charge is -2.38. The van der Waals surface area contributed by atoms with E-state index in [-0.39, 0.29) is 25.0 Å². The van der Waals surface area contributed by atoms with Crippen molar-refractivity contribution in [2.75, 3.05) is 32.8 Å². The molecule has 41 heavy (non-hydrogen) atoms. The van der Waals surface area contributed by atoms with Gasteiger partial charge in [-0.3, -0.25) is 14.5 Å². The Morgan fingerprint density at radius 2 is 1.56 bits per heavy atom. The van der Waals surface area contributed by atoms with E-state index in [1.165, 1.54) is 0 Å². The van der Waals surface area contributed by atoms with Crippen molar-refractivity contribution in [3.8, 4) is 11.1 Å². The Morgan fingerprint density at radius 1 is 0.902 bits per heavy atom. The molecule has 0 saturated carbocycles. The number of carboxylic acids is 1. The monoisotopic (exact) mass is 553 g/mol. The zero-order valence-corrected chi connectivity index (χ0v) is 23.0. The van der Waals surface area contributed by atoms with Gasteiger partial charge in [0.15, 0.2) is 0 Å². The third kappa shape index (κ3) is 5.44. The van der Waals surface area contributed by atoms with Crippen LogP contribution in [0.5, 0.6) is 0 Å². The molecule has 2 saturated heterocycles. The standard InChI is InChI=1S/C33H35N3O5/c37-30(38)24-11-8-17-36(20-24)31(39)33(16-18-35(22-33)19-23-9-2-1-3-10-23)34-32(40)41-21-29-27-14-6-4-12-25(27)26-13-5-7-15-28(26)29/h1-7,9-10,12-15,24,29H,8,11,16-22H2,(H,34,40)(H,37,38)/t24-,33?/m0/s1. The van der Waals surface area contributed by atoms with Crippen molar-refractivity contribution < 1.29 is 24.2 Å². The van der Waals surface area contributed by atoms with Gasteiger partial charge in [0.05, 0.1) is 5.92 Å². The first-order chi connectivity index (χ1) is 19.9. The minimum absolute atomic E-state index is 0.0867. The van der Waals surface area contributed by atoms with Crippen LogP contribution in [0.1, 0.15) is 41.9 Å². The average molecular weight is 554 g/mol. The summed E-state index contributed by atoms with van der Waals surface area (Å²) in [6.45, 7) is 2.40. The molecule has 2 fully saturated rings. The number of likely N-dealkylation sites (tertiary alicyclic amines) is 2. The molecule has 0 bridgehead atoms. The SMILES string of the molecule is O=C(NC1(C(=O)N2CCC[C@H](C(=O)O)C2)CCN(Cc2ccccc2)C1)OCC1c2ccccc2-c2ccccc21. The number of carbonyl (C=O) groups excluding carboxylic acids is 2. The molecule has 0 aromatic heterocycles. The van der Waals surface area contributed by atoms with Crippen molar-refractivity contribution in [3.63, 3.8) is 0 Å². The van der Waals surface area contributed by atoms with Crippen LogP contribution in [0.2, 0.25) is 0 Å². The summed E-state index contributed by atoms with van der Waals surface area (Å²) in [4.78, 5) is 42.9. The van der Waals surface area contributed by atoms with Crippen LogP contribution in [0.15, 0.2) is 78.9 Å². The van der Waals surface area contributed by atoms with Crippen LogP contribution in [0.3, 0.4) is 0 Å². The molecule has 2 N–H and O–H groups in total. The Hall–Kier alpha value is -4.17. The van der Waals surface area contributed by atoms with Gasteiger partial charge in [0.2, 0.25) is 5.91 Å². The number of alkyl carbamates (subject to hydrolysis) is 1. The van der Waals surface area contributed by atoms with E-state index in [1.807, 2.05) is 54.6 Å². The van der Waals surface area contributed by atoms with E-state index in [0.717, 1.165) is 27.8 Å². The predicted molar refractivity (Wildman–Crippen MR) is 154 cm³/mol. The van der Waals surface area contributed by atoms with E-state index in [9.17, 15) is 19.5 Å². The van der Waals surface area contributed by atoms with Crippen molar-refractivity contribution in [2.45, 2.75) is 37.3 Å². The van der Waals surface area contributed by atoms with Gasteiger partial charge in [-0.1, -0.05) is 78.9 Å². The number of amides is 2. The van der Waals surface area contributed by atoms with E-state index < -0.39 is 23.5 Å². The summed E-state index contributed by atoms with van der Waals surface area (Å²) < 4.78 is 5.84. The number of nitrogens with one attached hydrogen (secondary N) is 1. The van der Waals surface area contributed by atoms with Crippen molar-refractivity contribution in [2.24, 2.45) is 5.92 Å². The molecule has 1 aliphatic carbocycles. The highest BCUT2D eigenvalue weighted by atomic mass is 16.5. The molecular formula is C33H35N3O5. The van der Waals surface area contributed by atoms with Crippen molar-refractivity contribution in [3.05, 3.63) is 95.6 Å². The quantitative estimate of drug-likeness (QED) is 0.447. The zero-order chi connectivity index (χ0) is 28.4. The normalized spacial score (nSPS) is 22.1. The zero-order valence-electron chi connectivity index (χ0n) is 23.0. The number of carbonyl (C=O) groups is 3. The number of aliphatic carboxylic acids is 1. The molecule has 3 aromatic rings. The Balaban J connectivity index is 1.19. The number of fused-ring (bicyclic) bond motifs is 3. The van der Waals surface area contributed by atoms with Crippen LogP contribution in [0, 0.1) is 5.92 Å². The van der Waals surface area contributed by atoms with Gasteiger partial charge >= 0.3 is 12.1 Å². The second-order valence-electron chi connectivity index (χ2n) is 11.4. The molecule has 8 nitrogen and oxygen atoms in total. The molecule has 0 radical (unpaired) electrons. The van der Waals surface area contributed by atoms with Gasteiger partial charge in [0.1, 0.15) is 12.1 Å². The van der Waals surface area contributed by atoms with E-state index in [1.54, 1.807) is 4.90 Å². The number of hydrogen-bond acceptors (Lipinski definition) is 5. The number of piperidine rings is 1. The van der Waals surface area contributed by atoms with Crippen molar-refractivity contribution in [1.29, 1.82) is 0 Å². The second kappa shape index (κ2) is 11.4. The number of ether oxygens (including phenoxy) is 1. The Labute approximate surface area is 239 Å². The first-order valence-electron chi connectivity index (χ1n) is 14.4. The van der Waals surface area contributed by atoms with E-state index in [4.69, 9.17) is 4.74 Å². The van der Waals surface area contributed by atoms with Gasteiger partial charge in [0, 0.05) is 38.6 Å². The average Bonchev–Trinajstić information content (AvgIpc) is 3.55. The van der Waals surface area contributed by atoms with Gasteiger partial charge in [0.25, 0.3) is 0 Å². The maximum absolute atomic E-state index is 14.0. The fraction of sp³-hybridized carbons (Fsp3) is 0.364. The third-order valence-corrected chi connectivity index (χ3v) is 8.75. The highest BCUT2D eigenvalue weighted by molar-refractivity contribution is 5.91. The maximum atomic E-state index is 14.0. The van der Waals surface area contributed by atoms with Crippen LogP contribution in [-0.4, -0.2) is 71.2 Å². The van der Waals surface area contributed by atoms with Crippen LogP contribution in [0.4, 0.5) is 4.79 Å². The third-order valence-electron chi connectivity index (χ3n) is 8.75. The lowest BCUT2D eigenvalue weighted by Crippen LogP contribution is -2.62. The molecule has 212 valence electrons. The summed E-state index contributed by atoms with van der Waals surface area (Å²) >= 11 is 0. The Kier molecular flexibility index (Phi) is 7.49. The van der Waals surface area contributed by atoms with Gasteiger partial charge in [-0.2, -0.15) is 0 Å². The number of carboxylic acid groups (broad SMARTS) is 1. The topological polar surface area (TPSA) is 99.2 Å². The number of hydrogen-bond donors (Lipinski definition) is 2. The van der Waals surface area contributed by atoms with Gasteiger partial charge in [-0.15, -0.1) is 0 Å². The molecule has 2 aliphatic heterocycles. The molecule has 1 unspecified atom stereocenters. The molecule has 2 amide bonds. The molecule has 0 spiro atoms. The van der Waals surface area contributed by atoms with Gasteiger partial charge in [-0.05, 0) is 47.1 Å².